The van der Waals surface area contributed by atoms with Gasteiger partial charge >= 0.3 is 0 Å². The van der Waals surface area contributed by atoms with Crippen LogP contribution in [0.2, 0.25) is 0 Å². The molecular formula is C29H20N2O. The van der Waals surface area contributed by atoms with Crippen LogP contribution < -0.4 is 10.2 Å². The van der Waals surface area contributed by atoms with Crippen LogP contribution in [0.15, 0.2) is 115 Å². The second kappa shape index (κ2) is 7.40. The molecule has 6 rings (SSSR count). The largest absolute Gasteiger partial charge is 0.321 e. The van der Waals surface area contributed by atoms with Crippen LogP contribution in [0.5, 0.6) is 0 Å². The lowest BCUT2D eigenvalue weighted by Crippen LogP contribution is -2.09. The number of anilines is 4. The zero-order valence-electron chi connectivity index (χ0n) is 17.3. The van der Waals surface area contributed by atoms with Gasteiger partial charge in [0.05, 0.1) is 0 Å². The highest BCUT2D eigenvalue weighted by atomic mass is 16.1. The predicted molar refractivity (Wildman–Crippen MR) is 132 cm³/mol. The first-order valence-corrected chi connectivity index (χ1v) is 10.7. The number of nitrogens with one attached hydrogen (secondary N) is 1. The molecule has 0 spiro atoms. The van der Waals surface area contributed by atoms with Crippen molar-refractivity contribution in [3.8, 4) is 11.1 Å². The number of carbonyl (C=O) groups is 1. The van der Waals surface area contributed by atoms with Gasteiger partial charge in [0.25, 0.3) is 5.91 Å². The van der Waals surface area contributed by atoms with Gasteiger partial charge in [-0.05, 0) is 65.0 Å². The smallest absolute Gasteiger partial charge is 0.256 e. The topological polar surface area (TPSA) is 32.3 Å². The first-order valence-electron chi connectivity index (χ1n) is 10.7. The number of carbonyl (C=O) groups excluding carboxylic acids is 1. The Labute approximate surface area is 186 Å². The van der Waals surface area contributed by atoms with E-state index in [1.807, 2.05) is 30.3 Å². The van der Waals surface area contributed by atoms with Gasteiger partial charge in [0.2, 0.25) is 0 Å². The Hall–Kier alpha value is -4.37. The Morgan fingerprint density at radius 1 is 0.531 bits per heavy atom. The number of hydrogen-bond acceptors (Lipinski definition) is 2. The van der Waals surface area contributed by atoms with Crippen molar-refractivity contribution in [1.82, 2.24) is 0 Å². The van der Waals surface area contributed by atoms with Crippen molar-refractivity contribution < 1.29 is 4.79 Å². The molecule has 0 bridgehead atoms. The summed E-state index contributed by atoms with van der Waals surface area (Å²) in [5, 5.41) is 5.06. The third-order valence-electron chi connectivity index (χ3n) is 6.00. The highest BCUT2D eigenvalue weighted by Crippen LogP contribution is 2.40. The van der Waals surface area contributed by atoms with Crippen LogP contribution in [0.3, 0.4) is 0 Å². The van der Waals surface area contributed by atoms with Crippen LogP contribution in [0, 0.1) is 0 Å². The Balaban J connectivity index is 1.45. The maximum absolute atomic E-state index is 12.3. The highest BCUT2D eigenvalue weighted by molar-refractivity contribution is 6.25. The lowest BCUT2D eigenvalue weighted by molar-refractivity contribution is 0.103. The minimum absolute atomic E-state index is 0.0283. The van der Waals surface area contributed by atoms with Crippen LogP contribution in [0.4, 0.5) is 22.7 Å². The van der Waals surface area contributed by atoms with Crippen molar-refractivity contribution in [2.24, 2.45) is 0 Å². The van der Waals surface area contributed by atoms with Gasteiger partial charge in [-0.1, -0.05) is 66.7 Å². The summed E-state index contributed by atoms with van der Waals surface area (Å²) in [5.41, 5.74) is 7.20. The van der Waals surface area contributed by atoms with E-state index in [9.17, 15) is 4.79 Å². The number of benzene rings is 5. The molecule has 3 nitrogen and oxygen atoms in total. The average molecular weight is 412 g/mol. The summed E-state index contributed by atoms with van der Waals surface area (Å²) in [6, 6.07) is 39.4. The Kier molecular flexibility index (Phi) is 4.25. The van der Waals surface area contributed by atoms with E-state index in [0.29, 0.717) is 0 Å². The minimum Gasteiger partial charge on any atom is -0.321 e. The molecule has 0 aliphatic carbocycles. The number of nitrogens with zero attached hydrogens (tertiary/aromatic N) is 1. The van der Waals surface area contributed by atoms with E-state index in [2.05, 4.69) is 95.1 Å². The number of para-hydroxylation sites is 2. The summed E-state index contributed by atoms with van der Waals surface area (Å²) >= 11 is 0. The van der Waals surface area contributed by atoms with Gasteiger partial charge in [0.1, 0.15) is 0 Å². The highest BCUT2D eigenvalue weighted by Gasteiger charge is 2.22. The molecule has 0 radical (unpaired) electrons. The minimum atomic E-state index is -0.0283. The molecule has 0 unspecified atom stereocenters. The molecule has 152 valence electrons. The predicted octanol–water partition coefficient (Wildman–Crippen LogP) is 7.54. The fourth-order valence-corrected chi connectivity index (χ4v) is 4.53. The van der Waals surface area contributed by atoms with Crippen molar-refractivity contribution in [3.63, 3.8) is 0 Å². The van der Waals surface area contributed by atoms with Gasteiger partial charge < -0.3 is 10.2 Å². The molecule has 1 N–H and O–H groups in total. The standard InChI is InChI=1S/C29H20N2O/c32-29-26-13-7-12-25-24(18-19-27(30-29)28(25)26)20-14-16-23(17-15-20)31(21-8-3-1-4-9-21)22-10-5-2-6-11-22/h1-19H,(H,30,32). The third kappa shape index (κ3) is 2.95. The van der Waals surface area contributed by atoms with Gasteiger partial charge in [0, 0.05) is 33.7 Å². The van der Waals surface area contributed by atoms with Crippen molar-refractivity contribution in [1.29, 1.82) is 0 Å². The molecule has 1 amide bonds. The summed E-state index contributed by atoms with van der Waals surface area (Å²) in [6.45, 7) is 0. The quantitative estimate of drug-likeness (QED) is 0.331. The second-order valence-electron chi connectivity index (χ2n) is 7.90. The number of hydrogen-bond donors (Lipinski definition) is 1. The van der Waals surface area contributed by atoms with Gasteiger partial charge in [0.15, 0.2) is 0 Å². The Morgan fingerprint density at radius 2 is 1.16 bits per heavy atom. The third-order valence-corrected chi connectivity index (χ3v) is 6.00. The van der Waals surface area contributed by atoms with Crippen LogP contribution in [-0.2, 0) is 0 Å². The SMILES string of the molecule is O=C1Nc2ccc(-c3ccc(N(c4ccccc4)c4ccccc4)cc3)c3cccc1c23. The monoisotopic (exact) mass is 412 g/mol. The number of amides is 1. The molecule has 0 fully saturated rings. The van der Waals surface area contributed by atoms with Gasteiger partial charge in [-0.3, -0.25) is 4.79 Å². The van der Waals surface area contributed by atoms with Crippen LogP contribution in [-0.4, -0.2) is 5.91 Å². The van der Waals surface area contributed by atoms with E-state index in [1.165, 1.54) is 0 Å². The molecule has 3 heteroatoms. The Bertz CT molecular complexity index is 1400. The van der Waals surface area contributed by atoms with Crippen molar-refractivity contribution in [2.45, 2.75) is 0 Å². The molecular weight excluding hydrogens is 392 g/mol. The molecule has 0 atom stereocenters. The van der Waals surface area contributed by atoms with E-state index < -0.39 is 0 Å². The van der Waals surface area contributed by atoms with Crippen molar-refractivity contribution >= 4 is 39.4 Å². The molecule has 1 aliphatic heterocycles. The molecule has 1 heterocycles. The molecule has 0 saturated heterocycles. The zero-order valence-corrected chi connectivity index (χ0v) is 17.3. The fraction of sp³-hybridized carbons (Fsp3) is 0. The molecule has 0 saturated carbocycles. The summed E-state index contributed by atoms with van der Waals surface area (Å²) in [5.74, 6) is -0.0283. The lowest BCUT2D eigenvalue weighted by atomic mass is 9.95. The molecule has 5 aromatic rings. The normalized spacial score (nSPS) is 12.1. The summed E-state index contributed by atoms with van der Waals surface area (Å²) in [4.78, 5) is 14.5. The zero-order chi connectivity index (χ0) is 21.5. The van der Waals surface area contributed by atoms with E-state index in [0.717, 1.165) is 50.2 Å². The molecule has 32 heavy (non-hydrogen) atoms. The van der Waals surface area contributed by atoms with E-state index in [-0.39, 0.29) is 5.91 Å². The van der Waals surface area contributed by atoms with Crippen LogP contribution in [0.25, 0.3) is 21.9 Å². The van der Waals surface area contributed by atoms with E-state index >= 15 is 0 Å². The summed E-state index contributed by atoms with van der Waals surface area (Å²) < 4.78 is 0. The average Bonchev–Trinajstić information content (AvgIpc) is 3.18. The van der Waals surface area contributed by atoms with Crippen molar-refractivity contribution in [3.05, 3.63) is 121 Å². The fourth-order valence-electron chi connectivity index (χ4n) is 4.53. The maximum atomic E-state index is 12.3. The number of rotatable bonds is 4. The van der Waals surface area contributed by atoms with Crippen molar-refractivity contribution in [2.75, 3.05) is 10.2 Å². The molecule has 5 aromatic carbocycles. The maximum Gasteiger partial charge on any atom is 0.256 e. The van der Waals surface area contributed by atoms with Gasteiger partial charge in [-0.15, -0.1) is 0 Å². The summed E-state index contributed by atoms with van der Waals surface area (Å²) in [6.07, 6.45) is 0. The lowest BCUT2D eigenvalue weighted by Gasteiger charge is -2.25. The summed E-state index contributed by atoms with van der Waals surface area (Å²) in [7, 11) is 0. The Morgan fingerprint density at radius 3 is 1.81 bits per heavy atom. The second-order valence-corrected chi connectivity index (χ2v) is 7.90. The van der Waals surface area contributed by atoms with Gasteiger partial charge in [-0.25, -0.2) is 0 Å². The van der Waals surface area contributed by atoms with E-state index in [4.69, 9.17) is 0 Å². The van der Waals surface area contributed by atoms with Crippen LogP contribution in [0.1, 0.15) is 10.4 Å². The molecule has 0 aromatic heterocycles. The van der Waals surface area contributed by atoms with Gasteiger partial charge in [-0.2, -0.15) is 0 Å². The first kappa shape index (κ1) is 18.4. The molecule has 1 aliphatic rings. The van der Waals surface area contributed by atoms with Crippen LogP contribution >= 0.6 is 0 Å². The first-order chi connectivity index (χ1) is 15.8. The van der Waals surface area contributed by atoms with E-state index in [1.54, 1.807) is 0 Å².